The number of amides is 1. The SMILES string of the molecule is CCN1CCN(CCN2CC3(CCN(C[C@H]4CCCNC4)CC3)OC2=O)CC1. The molecule has 1 amide bonds. The Balaban J connectivity index is 1.19. The molecule has 1 spiro atoms. The Hall–Kier alpha value is -0.890. The molecular weight excluding hydrogens is 354 g/mol. The zero-order valence-electron chi connectivity index (χ0n) is 17.7. The van der Waals surface area contributed by atoms with E-state index in [2.05, 4.69) is 26.9 Å². The Morgan fingerprint density at radius 2 is 1.79 bits per heavy atom. The molecule has 0 aliphatic carbocycles. The minimum Gasteiger partial charge on any atom is -0.441 e. The van der Waals surface area contributed by atoms with Crippen LogP contribution in [0.3, 0.4) is 0 Å². The van der Waals surface area contributed by atoms with Crippen molar-refractivity contribution >= 4 is 6.09 Å². The van der Waals surface area contributed by atoms with Crippen LogP contribution in [0, 0.1) is 5.92 Å². The van der Waals surface area contributed by atoms with Crippen molar-refractivity contribution in [2.45, 2.75) is 38.2 Å². The van der Waals surface area contributed by atoms with Gasteiger partial charge in [-0.2, -0.15) is 0 Å². The average molecular weight is 394 g/mol. The summed E-state index contributed by atoms with van der Waals surface area (Å²) in [6.07, 6.45) is 4.55. The molecule has 0 aromatic carbocycles. The number of hydrogen-bond acceptors (Lipinski definition) is 6. The first-order valence-corrected chi connectivity index (χ1v) is 11.5. The van der Waals surface area contributed by atoms with Crippen LogP contribution < -0.4 is 5.32 Å². The largest absolute Gasteiger partial charge is 0.441 e. The summed E-state index contributed by atoms with van der Waals surface area (Å²) in [4.78, 5) is 22.0. The number of piperidine rings is 2. The summed E-state index contributed by atoms with van der Waals surface area (Å²) in [6, 6.07) is 0. The third kappa shape index (κ3) is 4.99. The summed E-state index contributed by atoms with van der Waals surface area (Å²) < 4.78 is 5.94. The van der Waals surface area contributed by atoms with Gasteiger partial charge in [0.1, 0.15) is 5.60 Å². The van der Waals surface area contributed by atoms with E-state index in [1.165, 1.54) is 25.9 Å². The number of piperazine rings is 1. The van der Waals surface area contributed by atoms with Crippen LogP contribution in [0.1, 0.15) is 32.6 Å². The number of carbonyl (C=O) groups excluding carboxylic acids is 1. The highest BCUT2D eigenvalue weighted by Crippen LogP contribution is 2.33. The molecule has 0 aromatic rings. The van der Waals surface area contributed by atoms with Crippen molar-refractivity contribution in [3.05, 3.63) is 0 Å². The van der Waals surface area contributed by atoms with Gasteiger partial charge in [-0.15, -0.1) is 0 Å². The standard InChI is InChI=1S/C21H39N5O2/c1-2-23-10-12-24(13-11-23)14-15-26-18-21(28-20(26)27)5-8-25(9-6-21)17-19-4-3-7-22-16-19/h19,22H,2-18H2,1H3/t19-/m0/s1. The average Bonchev–Trinajstić information content (AvgIpc) is 3.04. The first-order valence-electron chi connectivity index (χ1n) is 11.5. The summed E-state index contributed by atoms with van der Waals surface area (Å²) in [5, 5.41) is 3.52. The molecule has 4 aliphatic heterocycles. The lowest BCUT2D eigenvalue weighted by Crippen LogP contribution is -2.50. The summed E-state index contributed by atoms with van der Waals surface area (Å²) in [5.74, 6) is 0.790. The molecule has 4 fully saturated rings. The van der Waals surface area contributed by atoms with Gasteiger partial charge in [0.2, 0.25) is 0 Å². The molecule has 28 heavy (non-hydrogen) atoms. The van der Waals surface area contributed by atoms with E-state index in [1.807, 2.05) is 4.90 Å². The van der Waals surface area contributed by atoms with Crippen LogP contribution in [0.2, 0.25) is 0 Å². The molecule has 1 atom stereocenters. The van der Waals surface area contributed by atoms with Gasteiger partial charge in [-0.25, -0.2) is 4.79 Å². The molecule has 160 valence electrons. The number of carbonyl (C=O) groups is 1. The van der Waals surface area contributed by atoms with E-state index in [-0.39, 0.29) is 11.7 Å². The smallest absolute Gasteiger partial charge is 0.410 e. The Labute approximate surface area is 170 Å². The molecule has 4 heterocycles. The van der Waals surface area contributed by atoms with Crippen LogP contribution in [-0.4, -0.2) is 116 Å². The van der Waals surface area contributed by atoms with Gasteiger partial charge in [0.25, 0.3) is 0 Å². The number of likely N-dealkylation sites (N-methyl/N-ethyl adjacent to an activating group) is 1. The molecule has 7 nitrogen and oxygen atoms in total. The van der Waals surface area contributed by atoms with Crippen LogP contribution >= 0.6 is 0 Å². The summed E-state index contributed by atoms with van der Waals surface area (Å²) in [6.45, 7) is 16.2. The summed E-state index contributed by atoms with van der Waals surface area (Å²) in [7, 11) is 0. The Bertz CT molecular complexity index is 509. The van der Waals surface area contributed by atoms with Crippen molar-refractivity contribution in [3.63, 3.8) is 0 Å². The first kappa shape index (κ1) is 20.4. The first-order chi connectivity index (χ1) is 13.7. The Morgan fingerprint density at radius 3 is 2.46 bits per heavy atom. The normalized spacial score (nSPS) is 30.1. The lowest BCUT2D eigenvalue weighted by molar-refractivity contribution is -0.00340. The van der Waals surface area contributed by atoms with Crippen LogP contribution in [0.15, 0.2) is 0 Å². The van der Waals surface area contributed by atoms with Crippen LogP contribution in [-0.2, 0) is 4.74 Å². The van der Waals surface area contributed by atoms with Gasteiger partial charge in [-0.1, -0.05) is 6.92 Å². The zero-order valence-corrected chi connectivity index (χ0v) is 17.7. The minimum absolute atomic E-state index is 0.0860. The fraction of sp³-hybridized carbons (Fsp3) is 0.952. The van der Waals surface area contributed by atoms with Gasteiger partial charge >= 0.3 is 6.09 Å². The van der Waals surface area contributed by atoms with Gasteiger partial charge in [0.05, 0.1) is 6.54 Å². The highest BCUT2D eigenvalue weighted by molar-refractivity contribution is 5.70. The van der Waals surface area contributed by atoms with Gasteiger partial charge in [0.15, 0.2) is 0 Å². The monoisotopic (exact) mass is 393 g/mol. The van der Waals surface area contributed by atoms with Gasteiger partial charge in [0, 0.05) is 71.7 Å². The van der Waals surface area contributed by atoms with Crippen LogP contribution in [0.5, 0.6) is 0 Å². The lowest BCUT2D eigenvalue weighted by Gasteiger charge is -2.39. The van der Waals surface area contributed by atoms with E-state index in [1.54, 1.807) is 0 Å². The second-order valence-corrected chi connectivity index (χ2v) is 9.26. The Kier molecular flexibility index (Phi) is 6.76. The van der Waals surface area contributed by atoms with Crippen molar-refractivity contribution in [1.82, 2.24) is 24.9 Å². The molecule has 7 heteroatoms. The molecule has 4 saturated heterocycles. The molecule has 4 aliphatic rings. The predicted octanol–water partition coefficient (Wildman–Crippen LogP) is 0.910. The molecule has 0 bridgehead atoms. The maximum Gasteiger partial charge on any atom is 0.410 e. The maximum absolute atomic E-state index is 12.5. The van der Waals surface area contributed by atoms with E-state index in [0.29, 0.717) is 0 Å². The fourth-order valence-electron chi connectivity index (χ4n) is 5.30. The highest BCUT2D eigenvalue weighted by Gasteiger charge is 2.46. The molecular formula is C21H39N5O2. The second-order valence-electron chi connectivity index (χ2n) is 9.26. The van der Waals surface area contributed by atoms with Crippen molar-refractivity contribution in [2.24, 2.45) is 5.92 Å². The zero-order chi connectivity index (χ0) is 19.4. The van der Waals surface area contributed by atoms with E-state index in [4.69, 9.17) is 4.74 Å². The topological polar surface area (TPSA) is 51.3 Å². The van der Waals surface area contributed by atoms with Crippen molar-refractivity contribution in [1.29, 1.82) is 0 Å². The van der Waals surface area contributed by atoms with Crippen LogP contribution in [0.4, 0.5) is 4.79 Å². The highest BCUT2D eigenvalue weighted by atomic mass is 16.6. The number of rotatable bonds is 6. The number of hydrogen-bond donors (Lipinski definition) is 1. The Morgan fingerprint density at radius 1 is 1.04 bits per heavy atom. The van der Waals surface area contributed by atoms with Gasteiger partial charge in [-0.3, -0.25) is 4.90 Å². The van der Waals surface area contributed by atoms with E-state index >= 15 is 0 Å². The number of nitrogens with zero attached hydrogens (tertiary/aromatic N) is 4. The molecule has 0 saturated carbocycles. The van der Waals surface area contributed by atoms with Crippen molar-refractivity contribution < 1.29 is 9.53 Å². The van der Waals surface area contributed by atoms with Gasteiger partial charge < -0.3 is 24.8 Å². The van der Waals surface area contributed by atoms with E-state index < -0.39 is 0 Å². The third-order valence-electron chi connectivity index (χ3n) is 7.32. The molecule has 0 aromatic heterocycles. The van der Waals surface area contributed by atoms with Crippen molar-refractivity contribution in [2.75, 3.05) is 85.1 Å². The predicted molar refractivity (Wildman–Crippen MR) is 111 cm³/mol. The number of likely N-dealkylation sites (tertiary alicyclic amines) is 1. The van der Waals surface area contributed by atoms with Crippen molar-refractivity contribution in [3.8, 4) is 0 Å². The van der Waals surface area contributed by atoms with E-state index in [0.717, 1.165) is 90.8 Å². The third-order valence-corrected chi connectivity index (χ3v) is 7.32. The molecule has 0 radical (unpaired) electrons. The fourth-order valence-corrected chi connectivity index (χ4v) is 5.30. The molecule has 4 rings (SSSR count). The van der Waals surface area contributed by atoms with E-state index in [9.17, 15) is 4.79 Å². The van der Waals surface area contributed by atoms with Gasteiger partial charge in [-0.05, 0) is 38.4 Å². The molecule has 0 unspecified atom stereocenters. The summed E-state index contributed by atoms with van der Waals surface area (Å²) in [5.41, 5.74) is -0.223. The minimum atomic E-state index is -0.223. The summed E-state index contributed by atoms with van der Waals surface area (Å²) >= 11 is 0. The number of nitrogens with one attached hydrogen (secondary N) is 1. The molecule has 1 N–H and O–H groups in total. The maximum atomic E-state index is 12.5. The number of ether oxygens (including phenoxy) is 1. The second kappa shape index (κ2) is 9.28. The van der Waals surface area contributed by atoms with Crippen LogP contribution in [0.25, 0.3) is 0 Å². The lowest BCUT2D eigenvalue weighted by atomic mass is 9.90. The quantitative estimate of drug-likeness (QED) is 0.724.